The van der Waals surface area contributed by atoms with Crippen LogP contribution in [-0.2, 0) is 16.6 Å². The first-order chi connectivity index (χ1) is 9.88. The highest BCUT2D eigenvalue weighted by Crippen LogP contribution is 2.47. The summed E-state index contributed by atoms with van der Waals surface area (Å²) in [6.07, 6.45) is 1.16. The van der Waals surface area contributed by atoms with Gasteiger partial charge in [0.15, 0.2) is 0 Å². The van der Waals surface area contributed by atoms with Crippen molar-refractivity contribution < 1.29 is 12.8 Å². The summed E-state index contributed by atoms with van der Waals surface area (Å²) < 4.78 is 33.1. The standard InChI is InChI=1S/C14H16BrNO3S2/c1-9-7-11(9)12-4-3-10(19-12)8-16(2)21(17,18)14-6-5-13(15)20-14/h3-6,9,11H,7-8H2,1-2H3. The van der Waals surface area contributed by atoms with Gasteiger partial charge in [-0.05, 0) is 52.5 Å². The van der Waals surface area contributed by atoms with E-state index in [4.69, 9.17) is 4.42 Å². The van der Waals surface area contributed by atoms with E-state index in [9.17, 15) is 8.42 Å². The van der Waals surface area contributed by atoms with Crippen LogP contribution in [0.2, 0.25) is 0 Å². The SMILES string of the molecule is CC1CC1c1ccc(CN(C)S(=O)(=O)c2ccc(Br)s2)o1. The third-order valence-corrected chi connectivity index (χ3v) is 7.64. The van der Waals surface area contributed by atoms with E-state index in [0.717, 1.165) is 16.0 Å². The lowest BCUT2D eigenvalue weighted by Gasteiger charge is -2.14. The van der Waals surface area contributed by atoms with Crippen LogP contribution in [0.4, 0.5) is 0 Å². The topological polar surface area (TPSA) is 50.5 Å². The lowest BCUT2D eigenvalue weighted by Crippen LogP contribution is -2.25. The van der Waals surface area contributed by atoms with E-state index < -0.39 is 10.0 Å². The van der Waals surface area contributed by atoms with Gasteiger partial charge in [0.05, 0.1) is 10.3 Å². The van der Waals surface area contributed by atoms with Crippen molar-refractivity contribution in [3.8, 4) is 0 Å². The van der Waals surface area contributed by atoms with Crippen molar-refractivity contribution >= 4 is 37.3 Å². The Morgan fingerprint density at radius 3 is 2.67 bits per heavy atom. The molecule has 0 aliphatic heterocycles. The fourth-order valence-corrected chi connectivity index (χ4v) is 5.65. The predicted octanol–water partition coefficient (Wildman–Crippen LogP) is 4.05. The monoisotopic (exact) mass is 389 g/mol. The maximum absolute atomic E-state index is 12.4. The van der Waals surface area contributed by atoms with Gasteiger partial charge in [-0.2, -0.15) is 4.31 Å². The van der Waals surface area contributed by atoms with E-state index in [0.29, 0.717) is 21.8 Å². The van der Waals surface area contributed by atoms with Gasteiger partial charge in [-0.25, -0.2) is 8.42 Å². The summed E-state index contributed by atoms with van der Waals surface area (Å²) >= 11 is 4.50. The highest BCUT2D eigenvalue weighted by atomic mass is 79.9. The van der Waals surface area contributed by atoms with Crippen LogP contribution in [0.1, 0.15) is 30.8 Å². The van der Waals surface area contributed by atoms with Crippen molar-refractivity contribution in [2.24, 2.45) is 5.92 Å². The quantitative estimate of drug-likeness (QED) is 0.774. The molecule has 0 bridgehead atoms. The summed E-state index contributed by atoms with van der Waals surface area (Å²) in [6.45, 7) is 2.44. The van der Waals surface area contributed by atoms with Crippen LogP contribution in [0.5, 0.6) is 0 Å². The molecule has 0 saturated heterocycles. The van der Waals surface area contributed by atoms with E-state index in [1.165, 1.54) is 15.6 Å². The largest absolute Gasteiger partial charge is 0.464 e. The van der Waals surface area contributed by atoms with Crippen molar-refractivity contribution in [3.63, 3.8) is 0 Å². The highest BCUT2D eigenvalue weighted by molar-refractivity contribution is 9.11. The second-order valence-electron chi connectivity index (χ2n) is 5.44. The van der Waals surface area contributed by atoms with Crippen molar-refractivity contribution in [2.75, 3.05) is 7.05 Å². The van der Waals surface area contributed by atoms with Gasteiger partial charge in [0, 0.05) is 13.0 Å². The van der Waals surface area contributed by atoms with Crippen LogP contribution >= 0.6 is 27.3 Å². The molecule has 1 saturated carbocycles. The molecule has 1 fully saturated rings. The predicted molar refractivity (Wildman–Crippen MR) is 85.9 cm³/mol. The second-order valence-corrected chi connectivity index (χ2v) is 10.2. The van der Waals surface area contributed by atoms with Crippen LogP contribution in [0.15, 0.2) is 36.7 Å². The number of rotatable bonds is 5. The van der Waals surface area contributed by atoms with Crippen molar-refractivity contribution in [1.82, 2.24) is 4.31 Å². The molecular weight excluding hydrogens is 374 g/mol. The van der Waals surface area contributed by atoms with Gasteiger partial charge in [-0.1, -0.05) is 6.92 Å². The van der Waals surface area contributed by atoms with E-state index in [1.807, 2.05) is 12.1 Å². The Morgan fingerprint density at radius 1 is 1.38 bits per heavy atom. The molecule has 2 aromatic heterocycles. The van der Waals surface area contributed by atoms with Crippen LogP contribution in [-0.4, -0.2) is 19.8 Å². The molecular formula is C14H16BrNO3S2. The summed E-state index contributed by atoms with van der Waals surface area (Å²) in [6, 6.07) is 7.19. The second kappa shape index (κ2) is 5.53. The first-order valence-electron chi connectivity index (χ1n) is 6.68. The molecule has 114 valence electrons. The highest BCUT2D eigenvalue weighted by Gasteiger charge is 2.36. The number of furan rings is 1. The van der Waals surface area contributed by atoms with E-state index in [-0.39, 0.29) is 6.54 Å². The fourth-order valence-electron chi connectivity index (χ4n) is 2.29. The zero-order valence-electron chi connectivity index (χ0n) is 11.7. The maximum atomic E-state index is 12.4. The van der Waals surface area contributed by atoms with Crippen molar-refractivity contribution in [1.29, 1.82) is 0 Å². The van der Waals surface area contributed by atoms with Crippen molar-refractivity contribution in [2.45, 2.75) is 30.0 Å². The van der Waals surface area contributed by atoms with Gasteiger partial charge in [-0.15, -0.1) is 11.3 Å². The minimum Gasteiger partial charge on any atom is -0.464 e. The van der Waals surface area contributed by atoms with Crippen LogP contribution in [0.3, 0.4) is 0 Å². The molecule has 0 amide bonds. The number of hydrogen-bond acceptors (Lipinski definition) is 4. The Balaban J connectivity index is 1.73. The summed E-state index contributed by atoms with van der Waals surface area (Å²) in [4.78, 5) is 0. The summed E-state index contributed by atoms with van der Waals surface area (Å²) in [5, 5.41) is 0. The number of thiophene rings is 1. The first-order valence-corrected chi connectivity index (χ1v) is 9.73. The first kappa shape index (κ1) is 15.3. The number of nitrogens with zero attached hydrogens (tertiary/aromatic N) is 1. The molecule has 0 spiro atoms. The molecule has 7 heteroatoms. The molecule has 3 rings (SSSR count). The van der Waals surface area contributed by atoms with Crippen LogP contribution in [0, 0.1) is 5.92 Å². The van der Waals surface area contributed by atoms with E-state index in [1.54, 1.807) is 19.2 Å². The lowest BCUT2D eigenvalue weighted by atomic mass is 10.3. The summed E-state index contributed by atoms with van der Waals surface area (Å²) in [7, 11) is -1.89. The molecule has 2 aromatic rings. The number of sulfonamides is 1. The molecule has 21 heavy (non-hydrogen) atoms. The van der Waals surface area contributed by atoms with Gasteiger partial charge in [0.1, 0.15) is 15.7 Å². The smallest absolute Gasteiger partial charge is 0.252 e. The Kier molecular flexibility index (Phi) is 4.02. The van der Waals surface area contributed by atoms with E-state index in [2.05, 4.69) is 22.9 Å². The van der Waals surface area contributed by atoms with Crippen LogP contribution < -0.4 is 0 Å². The molecule has 4 nitrogen and oxygen atoms in total. The van der Waals surface area contributed by atoms with Crippen LogP contribution in [0.25, 0.3) is 0 Å². The average Bonchev–Trinajstić information content (AvgIpc) is 2.82. The molecule has 0 N–H and O–H groups in total. The minimum atomic E-state index is -3.46. The summed E-state index contributed by atoms with van der Waals surface area (Å²) in [5.74, 6) is 2.84. The Labute approximate surface area is 136 Å². The third kappa shape index (κ3) is 3.11. The normalized spacial score (nSPS) is 21.9. The van der Waals surface area contributed by atoms with Crippen molar-refractivity contribution in [3.05, 3.63) is 39.6 Å². The van der Waals surface area contributed by atoms with Gasteiger partial charge in [-0.3, -0.25) is 0 Å². The lowest BCUT2D eigenvalue weighted by molar-refractivity contribution is 0.390. The fraction of sp³-hybridized carbons (Fsp3) is 0.429. The molecule has 2 unspecified atom stereocenters. The molecule has 1 aliphatic carbocycles. The Bertz CT molecular complexity index is 750. The zero-order chi connectivity index (χ0) is 15.2. The number of hydrogen-bond donors (Lipinski definition) is 0. The average molecular weight is 390 g/mol. The molecule has 1 aliphatic rings. The molecule has 0 aromatic carbocycles. The van der Waals surface area contributed by atoms with Gasteiger partial charge >= 0.3 is 0 Å². The van der Waals surface area contributed by atoms with Gasteiger partial charge in [0.25, 0.3) is 10.0 Å². The van der Waals surface area contributed by atoms with E-state index >= 15 is 0 Å². The Morgan fingerprint density at radius 2 is 2.10 bits per heavy atom. The molecule has 2 heterocycles. The zero-order valence-corrected chi connectivity index (χ0v) is 15.0. The minimum absolute atomic E-state index is 0.249. The number of halogens is 1. The molecule has 0 radical (unpaired) electrons. The summed E-state index contributed by atoms with van der Waals surface area (Å²) in [5.41, 5.74) is 0. The maximum Gasteiger partial charge on any atom is 0.252 e. The third-order valence-electron chi connectivity index (χ3n) is 3.75. The van der Waals surface area contributed by atoms with Gasteiger partial charge < -0.3 is 4.42 Å². The van der Waals surface area contributed by atoms with Gasteiger partial charge in [0.2, 0.25) is 0 Å². The molecule has 2 atom stereocenters. The Hall–Kier alpha value is -0.630.